The Morgan fingerprint density at radius 2 is 1.97 bits per heavy atom. The molecule has 7 heteroatoms. The van der Waals surface area contributed by atoms with Gasteiger partial charge in [-0.2, -0.15) is 0 Å². The summed E-state index contributed by atoms with van der Waals surface area (Å²) in [6, 6.07) is 7.23. The average molecular weight is 431 g/mol. The molecule has 0 unspecified atom stereocenters. The monoisotopic (exact) mass is 430 g/mol. The molecule has 3 aliphatic rings. The van der Waals surface area contributed by atoms with Crippen molar-refractivity contribution in [1.29, 1.82) is 0 Å². The van der Waals surface area contributed by atoms with Crippen LogP contribution in [-0.4, -0.2) is 22.8 Å². The minimum Gasteiger partial charge on any atom is -0.497 e. The summed E-state index contributed by atoms with van der Waals surface area (Å²) in [5.74, 6) is 2.78. The van der Waals surface area contributed by atoms with Crippen molar-refractivity contribution in [2.24, 2.45) is 17.8 Å². The van der Waals surface area contributed by atoms with Gasteiger partial charge in [0.05, 0.1) is 12.1 Å². The molecule has 1 aromatic heterocycles. The third-order valence-electron chi connectivity index (χ3n) is 7.03. The highest BCUT2D eigenvalue weighted by Crippen LogP contribution is 2.64. The van der Waals surface area contributed by atoms with Gasteiger partial charge in [0, 0.05) is 21.2 Å². The van der Waals surface area contributed by atoms with Gasteiger partial charge in [0.2, 0.25) is 5.91 Å². The van der Waals surface area contributed by atoms with E-state index < -0.39 is 0 Å². The maximum atomic E-state index is 12.8. The number of benzene rings is 1. The molecule has 154 valence electrons. The Bertz CT molecular complexity index is 1010. The smallest absolute Gasteiger partial charge is 0.308 e. The van der Waals surface area contributed by atoms with Crippen LogP contribution in [0, 0.1) is 17.8 Å². The minimum atomic E-state index is -0.175. The first kappa shape index (κ1) is 19.2. The summed E-state index contributed by atoms with van der Waals surface area (Å²) < 4.78 is 6.85. The van der Waals surface area contributed by atoms with Crippen LogP contribution in [0.2, 0.25) is 0 Å². The summed E-state index contributed by atoms with van der Waals surface area (Å²) in [4.78, 5) is 26.7. The molecule has 2 fully saturated rings. The van der Waals surface area contributed by atoms with E-state index in [1.54, 1.807) is 23.8 Å². The van der Waals surface area contributed by atoms with Gasteiger partial charge >= 0.3 is 4.87 Å². The molecule has 1 aromatic carbocycles. The number of nitrogens with zero attached hydrogens (tertiary/aromatic N) is 1. The normalized spacial score (nSPS) is 28.7. The van der Waals surface area contributed by atoms with E-state index in [0.29, 0.717) is 16.9 Å². The van der Waals surface area contributed by atoms with Gasteiger partial charge in [-0.25, -0.2) is 0 Å². The fourth-order valence-corrected chi connectivity index (χ4v) is 9.17. The van der Waals surface area contributed by atoms with E-state index in [-0.39, 0.29) is 22.7 Å². The topological polar surface area (TPSA) is 60.3 Å². The molecule has 5 rings (SSSR count). The van der Waals surface area contributed by atoms with E-state index in [2.05, 4.69) is 19.2 Å². The maximum Gasteiger partial charge on any atom is 0.308 e. The van der Waals surface area contributed by atoms with E-state index in [1.165, 1.54) is 35.5 Å². The van der Waals surface area contributed by atoms with Crippen LogP contribution in [0.15, 0.2) is 34.1 Å². The summed E-state index contributed by atoms with van der Waals surface area (Å²) >= 11 is 3.21. The number of thioether (sulfide) groups is 1. The Labute approximate surface area is 178 Å². The highest BCUT2D eigenvalue weighted by Gasteiger charge is 2.57. The van der Waals surface area contributed by atoms with Crippen LogP contribution < -0.4 is 14.9 Å². The molecule has 0 spiro atoms. The molecule has 0 radical (unpaired) electrons. The number of hydrogen-bond acceptors (Lipinski definition) is 5. The lowest BCUT2D eigenvalue weighted by Gasteiger charge is -2.45. The first-order valence-electron chi connectivity index (χ1n) is 10.2. The lowest BCUT2D eigenvalue weighted by atomic mass is 9.69. The molecule has 1 N–H and O–H groups in total. The number of carbonyl (C=O) groups excluding carboxylic acids is 1. The van der Waals surface area contributed by atoms with Gasteiger partial charge in [0.25, 0.3) is 0 Å². The standard InChI is InChI=1S/C22H26N2O3S2/c1-22(2)17-12-4-5-13(10-12)18(17)28-20-19(22)29-21(26)24(20)11-16(25)23-14-6-8-15(27-3)9-7-14/h6-9,12-13,17-18H,4-5,10-11H2,1-3H3,(H,23,25)/t12-,13-,17+,18+/m0/s1. The van der Waals surface area contributed by atoms with E-state index in [1.807, 2.05) is 23.9 Å². The van der Waals surface area contributed by atoms with Gasteiger partial charge in [0.15, 0.2) is 0 Å². The van der Waals surface area contributed by atoms with Crippen molar-refractivity contribution in [3.63, 3.8) is 0 Å². The average Bonchev–Trinajstić information content (AvgIpc) is 3.38. The van der Waals surface area contributed by atoms with Crippen LogP contribution in [-0.2, 0) is 16.8 Å². The molecule has 2 saturated carbocycles. The first-order valence-corrected chi connectivity index (χ1v) is 11.9. The second-order valence-electron chi connectivity index (χ2n) is 9.03. The number of rotatable bonds is 4. The summed E-state index contributed by atoms with van der Waals surface area (Å²) in [5.41, 5.74) is 0.709. The van der Waals surface area contributed by atoms with Crippen LogP contribution in [0.25, 0.3) is 0 Å². The van der Waals surface area contributed by atoms with E-state index in [4.69, 9.17) is 4.74 Å². The molecule has 29 heavy (non-hydrogen) atoms. The summed E-state index contributed by atoms with van der Waals surface area (Å²) in [7, 11) is 1.61. The zero-order valence-corrected chi connectivity index (χ0v) is 18.6. The Hall–Kier alpha value is -1.73. The Morgan fingerprint density at radius 1 is 1.24 bits per heavy atom. The molecular weight excluding hydrogens is 404 g/mol. The number of thiazole rings is 1. The number of methoxy groups -OCH3 is 1. The van der Waals surface area contributed by atoms with E-state index in [9.17, 15) is 9.59 Å². The highest BCUT2D eigenvalue weighted by molar-refractivity contribution is 8.00. The summed E-state index contributed by atoms with van der Waals surface area (Å²) in [6.45, 7) is 4.68. The van der Waals surface area contributed by atoms with Crippen molar-refractivity contribution >= 4 is 34.7 Å². The van der Waals surface area contributed by atoms with Crippen molar-refractivity contribution in [1.82, 2.24) is 4.57 Å². The van der Waals surface area contributed by atoms with Gasteiger partial charge in [-0.1, -0.05) is 25.2 Å². The van der Waals surface area contributed by atoms with Crippen LogP contribution in [0.5, 0.6) is 5.75 Å². The van der Waals surface area contributed by atoms with Gasteiger partial charge in [-0.3, -0.25) is 14.2 Å². The van der Waals surface area contributed by atoms with Crippen LogP contribution in [0.1, 0.15) is 38.0 Å². The number of anilines is 1. The number of amides is 1. The second kappa shape index (κ2) is 6.91. The van der Waals surface area contributed by atoms with E-state index in [0.717, 1.165) is 22.6 Å². The SMILES string of the molecule is COc1ccc(NC(=O)Cn2c3c(sc2=O)C(C)(C)[C@@H]2[C@H]4CC[C@@H](C4)[C@H]2S3)cc1. The highest BCUT2D eigenvalue weighted by atomic mass is 32.2. The molecule has 1 aliphatic heterocycles. The fraction of sp³-hybridized carbons (Fsp3) is 0.545. The lowest BCUT2D eigenvalue weighted by Crippen LogP contribution is -2.43. The number of hydrogen-bond donors (Lipinski definition) is 1. The van der Waals surface area contributed by atoms with Gasteiger partial charge < -0.3 is 10.1 Å². The molecule has 2 bridgehead atoms. The number of fused-ring (bicyclic) bond motifs is 6. The van der Waals surface area contributed by atoms with Crippen LogP contribution in [0.3, 0.4) is 0 Å². The largest absolute Gasteiger partial charge is 0.497 e. The molecule has 4 atom stereocenters. The first-order chi connectivity index (χ1) is 13.9. The zero-order chi connectivity index (χ0) is 20.3. The summed E-state index contributed by atoms with van der Waals surface area (Å²) in [6.07, 6.45) is 3.99. The maximum absolute atomic E-state index is 12.8. The quantitative estimate of drug-likeness (QED) is 0.783. The predicted molar refractivity (Wildman–Crippen MR) is 117 cm³/mol. The number of aromatic nitrogens is 1. The van der Waals surface area contributed by atoms with Gasteiger partial charge in [0.1, 0.15) is 12.3 Å². The van der Waals surface area contributed by atoms with Crippen molar-refractivity contribution in [3.05, 3.63) is 38.8 Å². The van der Waals surface area contributed by atoms with Gasteiger partial charge in [-0.15, -0.1) is 11.8 Å². The molecule has 5 nitrogen and oxygen atoms in total. The molecule has 2 aliphatic carbocycles. The Kier molecular flexibility index (Phi) is 4.59. The second-order valence-corrected chi connectivity index (χ2v) is 11.2. The van der Waals surface area contributed by atoms with Crippen LogP contribution in [0.4, 0.5) is 5.69 Å². The molecule has 2 heterocycles. The predicted octanol–water partition coefficient (Wildman–Crippen LogP) is 4.36. The fourth-order valence-electron chi connectivity index (χ4n) is 5.76. The van der Waals surface area contributed by atoms with Gasteiger partial charge in [-0.05, 0) is 61.3 Å². The zero-order valence-electron chi connectivity index (χ0n) is 16.9. The minimum absolute atomic E-state index is 0.00657. The van der Waals surface area contributed by atoms with Crippen LogP contribution >= 0.6 is 23.1 Å². The van der Waals surface area contributed by atoms with E-state index >= 15 is 0 Å². The van der Waals surface area contributed by atoms with Crippen molar-refractivity contribution in [3.8, 4) is 5.75 Å². The number of ether oxygens (including phenoxy) is 1. The molecule has 1 amide bonds. The lowest BCUT2D eigenvalue weighted by molar-refractivity contribution is -0.116. The van der Waals surface area contributed by atoms with Crippen molar-refractivity contribution < 1.29 is 9.53 Å². The molecular formula is C22H26N2O3S2. The van der Waals surface area contributed by atoms with Crippen molar-refractivity contribution in [2.45, 2.75) is 55.3 Å². The molecule has 0 saturated heterocycles. The Morgan fingerprint density at radius 3 is 2.69 bits per heavy atom. The summed E-state index contributed by atoms with van der Waals surface area (Å²) in [5, 5.41) is 4.52. The number of carbonyl (C=O) groups is 1. The third kappa shape index (κ3) is 3.05. The molecule has 2 aromatic rings. The Balaban J connectivity index is 1.40. The van der Waals surface area contributed by atoms with Crippen molar-refractivity contribution in [2.75, 3.05) is 12.4 Å². The third-order valence-corrected chi connectivity index (χ3v) is 10.1. The number of nitrogens with one attached hydrogen (secondary N) is 1.